The summed E-state index contributed by atoms with van der Waals surface area (Å²) in [4.78, 5) is 4.53. The molecule has 16 heavy (non-hydrogen) atoms. The lowest BCUT2D eigenvalue weighted by Crippen LogP contribution is -2.13. The summed E-state index contributed by atoms with van der Waals surface area (Å²) in [5, 5.41) is 7.50. The fourth-order valence-corrected chi connectivity index (χ4v) is 1.48. The quantitative estimate of drug-likeness (QED) is 0.845. The Hall–Kier alpha value is -1.68. The minimum absolute atomic E-state index is 0.796. The highest BCUT2D eigenvalue weighted by molar-refractivity contribution is 5.24. The molecule has 4 heteroatoms. The number of rotatable bonds is 4. The Balaban J connectivity index is 2.22. The maximum Gasteiger partial charge on any atom is 0.153 e. The van der Waals surface area contributed by atoms with Crippen LogP contribution in [-0.4, -0.2) is 21.3 Å². The second kappa shape index (κ2) is 4.90. The zero-order chi connectivity index (χ0) is 11.4. The van der Waals surface area contributed by atoms with Crippen molar-refractivity contribution in [3.05, 3.63) is 41.9 Å². The monoisotopic (exact) mass is 216 g/mol. The largest absolute Gasteiger partial charge is 0.311 e. The smallest absolute Gasteiger partial charge is 0.153 e. The van der Waals surface area contributed by atoms with Crippen LogP contribution in [-0.2, 0) is 6.54 Å². The van der Waals surface area contributed by atoms with Gasteiger partial charge in [-0.25, -0.2) is 9.67 Å². The van der Waals surface area contributed by atoms with Crippen LogP contribution in [0.4, 0.5) is 0 Å². The van der Waals surface area contributed by atoms with Gasteiger partial charge in [0.2, 0.25) is 0 Å². The van der Waals surface area contributed by atoms with Crippen LogP contribution in [0.3, 0.4) is 0 Å². The second-order valence-corrected chi connectivity index (χ2v) is 3.73. The van der Waals surface area contributed by atoms with Gasteiger partial charge in [0.25, 0.3) is 0 Å². The van der Waals surface area contributed by atoms with Gasteiger partial charge < -0.3 is 5.32 Å². The number of hydrogen-bond acceptors (Lipinski definition) is 3. The van der Waals surface area contributed by atoms with E-state index in [0.717, 1.165) is 30.2 Å². The summed E-state index contributed by atoms with van der Waals surface area (Å²) >= 11 is 0. The first kappa shape index (κ1) is 10.8. The zero-order valence-corrected chi connectivity index (χ0v) is 9.64. The molecule has 0 atom stereocenters. The van der Waals surface area contributed by atoms with E-state index in [1.54, 1.807) is 4.68 Å². The summed E-state index contributed by atoms with van der Waals surface area (Å²) in [5.41, 5.74) is 2.17. The molecule has 0 bridgehead atoms. The van der Waals surface area contributed by atoms with E-state index in [9.17, 15) is 0 Å². The van der Waals surface area contributed by atoms with Gasteiger partial charge in [0, 0.05) is 12.7 Å². The molecule has 1 N–H and O–H groups in total. The summed E-state index contributed by atoms with van der Waals surface area (Å²) in [7, 11) is 0. The van der Waals surface area contributed by atoms with E-state index < -0.39 is 0 Å². The first-order valence-electron chi connectivity index (χ1n) is 5.48. The molecule has 0 radical (unpaired) electrons. The van der Waals surface area contributed by atoms with E-state index in [1.165, 1.54) is 0 Å². The SMILES string of the molecule is CCNCc1cccc(-n2cc(C)cn2)n1. The fourth-order valence-electron chi connectivity index (χ4n) is 1.48. The highest BCUT2D eigenvalue weighted by Crippen LogP contribution is 2.06. The van der Waals surface area contributed by atoms with Crippen molar-refractivity contribution in [1.29, 1.82) is 0 Å². The van der Waals surface area contributed by atoms with Gasteiger partial charge in [-0.15, -0.1) is 0 Å². The third kappa shape index (κ3) is 2.46. The van der Waals surface area contributed by atoms with Crippen molar-refractivity contribution in [1.82, 2.24) is 20.1 Å². The van der Waals surface area contributed by atoms with Gasteiger partial charge in [-0.05, 0) is 31.2 Å². The molecule has 0 saturated heterocycles. The summed E-state index contributed by atoms with van der Waals surface area (Å²) in [5.74, 6) is 0.864. The third-order valence-corrected chi connectivity index (χ3v) is 2.29. The van der Waals surface area contributed by atoms with Crippen LogP contribution in [0.1, 0.15) is 18.2 Å². The summed E-state index contributed by atoms with van der Waals surface area (Å²) < 4.78 is 1.80. The Labute approximate surface area is 95.3 Å². The molecule has 0 aliphatic heterocycles. The minimum Gasteiger partial charge on any atom is -0.311 e. The fraction of sp³-hybridized carbons (Fsp3) is 0.333. The van der Waals surface area contributed by atoms with Crippen molar-refractivity contribution >= 4 is 0 Å². The highest BCUT2D eigenvalue weighted by Gasteiger charge is 2.00. The van der Waals surface area contributed by atoms with Crippen LogP contribution in [0.5, 0.6) is 0 Å². The Morgan fingerprint density at radius 3 is 2.94 bits per heavy atom. The molecule has 0 unspecified atom stereocenters. The van der Waals surface area contributed by atoms with Crippen LogP contribution in [0.2, 0.25) is 0 Å². The van der Waals surface area contributed by atoms with Crippen molar-refractivity contribution in [3.63, 3.8) is 0 Å². The Kier molecular flexibility index (Phi) is 3.31. The van der Waals surface area contributed by atoms with Gasteiger partial charge in [-0.1, -0.05) is 13.0 Å². The molecule has 0 fully saturated rings. The van der Waals surface area contributed by atoms with E-state index in [4.69, 9.17) is 0 Å². The van der Waals surface area contributed by atoms with E-state index in [1.807, 2.05) is 37.5 Å². The van der Waals surface area contributed by atoms with Crippen LogP contribution in [0.25, 0.3) is 5.82 Å². The molecule has 84 valence electrons. The van der Waals surface area contributed by atoms with Gasteiger partial charge in [0.05, 0.1) is 11.9 Å². The van der Waals surface area contributed by atoms with Crippen LogP contribution in [0, 0.1) is 6.92 Å². The standard InChI is InChI=1S/C12H16N4/c1-3-13-8-11-5-4-6-12(15-11)16-9-10(2)7-14-16/h4-7,9,13H,3,8H2,1-2H3. The second-order valence-electron chi connectivity index (χ2n) is 3.73. The average molecular weight is 216 g/mol. The summed E-state index contributed by atoms with van der Waals surface area (Å²) in [6, 6.07) is 5.98. The molecule has 0 spiro atoms. The molecular formula is C12H16N4. The van der Waals surface area contributed by atoms with Crippen LogP contribution in [0.15, 0.2) is 30.6 Å². The minimum atomic E-state index is 0.796. The normalized spacial score (nSPS) is 10.6. The molecule has 0 saturated carbocycles. The molecular weight excluding hydrogens is 200 g/mol. The molecule has 2 heterocycles. The van der Waals surface area contributed by atoms with Gasteiger partial charge >= 0.3 is 0 Å². The topological polar surface area (TPSA) is 42.7 Å². The summed E-state index contributed by atoms with van der Waals surface area (Å²) in [6.45, 7) is 5.85. The lowest BCUT2D eigenvalue weighted by atomic mass is 10.3. The maximum atomic E-state index is 4.53. The van der Waals surface area contributed by atoms with Crippen molar-refractivity contribution in [2.24, 2.45) is 0 Å². The van der Waals surface area contributed by atoms with Gasteiger partial charge in [0.1, 0.15) is 0 Å². The number of nitrogens with zero attached hydrogens (tertiary/aromatic N) is 3. The maximum absolute atomic E-state index is 4.53. The lowest BCUT2D eigenvalue weighted by molar-refractivity contribution is 0.704. The van der Waals surface area contributed by atoms with Crippen molar-refractivity contribution < 1.29 is 0 Å². The molecule has 4 nitrogen and oxygen atoms in total. The predicted molar refractivity (Wildman–Crippen MR) is 63.5 cm³/mol. The van der Waals surface area contributed by atoms with Gasteiger partial charge in [-0.2, -0.15) is 5.10 Å². The molecule has 2 aromatic heterocycles. The van der Waals surface area contributed by atoms with Crippen molar-refractivity contribution in [2.45, 2.75) is 20.4 Å². The van der Waals surface area contributed by atoms with Crippen LogP contribution < -0.4 is 5.32 Å². The lowest BCUT2D eigenvalue weighted by Gasteiger charge is -2.04. The van der Waals surface area contributed by atoms with E-state index >= 15 is 0 Å². The molecule has 0 aliphatic carbocycles. The summed E-state index contributed by atoms with van der Waals surface area (Å²) in [6.07, 6.45) is 3.80. The van der Waals surface area contributed by atoms with Crippen molar-refractivity contribution in [2.75, 3.05) is 6.54 Å². The molecule has 2 rings (SSSR count). The molecule has 0 aromatic carbocycles. The molecule has 0 aliphatic rings. The van der Waals surface area contributed by atoms with Crippen LogP contribution >= 0.6 is 0 Å². The van der Waals surface area contributed by atoms with E-state index in [2.05, 4.69) is 22.3 Å². The number of pyridine rings is 1. The van der Waals surface area contributed by atoms with Gasteiger partial charge in [-0.3, -0.25) is 0 Å². The predicted octanol–water partition coefficient (Wildman–Crippen LogP) is 1.69. The molecule has 2 aromatic rings. The Bertz CT molecular complexity index is 462. The number of aryl methyl sites for hydroxylation is 1. The van der Waals surface area contributed by atoms with Gasteiger partial charge in [0.15, 0.2) is 5.82 Å². The first-order valence-corrected chi connectivity index (χ1v) is 5.48. The number of nitrogens with one attached hydrogen (secondary N) is 1. The van der Waals surface area contributed by atoms with E-state index in [0.29, 0.717) is 0 Å². The number of aromatic nitrogens is 3. The highest BCUT2D eigenvalue weighted by atomic mass is 15.3. The Morgan fingerprint density at radius 1 is 1.38 bits per heavy atom. The van der Waals surface area contributed by atoms with E-state index in [-0.39, 0.29) is 0 Å². The third-order valence-electron chi connectivity index (χ3n) is 2.29. The Morgan fingerprint density at radius 2 is 2.25 bits per heavy atom. The molecule has 0 amide bonds. The average Bonchev–Trinajstić information content (AvgIpc) is 2.74. The van der Waals surface area contributed by atoms with Crippen molar-refractivity contribution in [3.8, 4) is 5.82 Å². The zero-order valence-electron chi connectivity index (χ0n) is 9.64. The number of hydrogen-bond donors (Lipinski definition) is 1. The first-order chi connectivity index (χ1) is 7.79.